The van der Waals surface area contributed by atoms with Gasteiger partial charge < -0.3 is 8.83 Å². The molecule has 114 valence electrons. The lowest BCUT2D eigenvalue weighted by Crippen LogP contribution is -1.80. The second kappa shape index (κ2) is 4.99. The molecule has 0 bridgehead atoms. The first-order valence-corrected chi connectivity index (χ1v) is 7.39. The van der Waals surface area contributed by atoms with Crippen molar-refractivity contribution in [2.75, 3.05) is 0 Å². The summed E-state index contributed by atoms with van der Waals surface area (Å²) >= 11 is 0. The standard InChI is InChI=1S/C18H10N4O2/c1-2-12(18-22-14-10-20-8-6-16(14)24-18)4-3-11(1)17-21-13-9-19-7-5-15(13)23-17/h1-10H. The van der Waals surface area contributed by atoms with E-state index >= 15 is 0 Å². The molecule has 0 unspecified atom stereocenters. The highest BCUT2D eigenvalue weighted by atomic mass is 16.4. The number of aromatic nitrogens is 4. The molecule has 0 saturated carbocycles. The first-order valence-electron chi connectivity index (χ1n) is 7.39. The lowest BCUT2D eigenvalue weighted by Gasteiger charge is -1.97. The monoisotopic (exact) mass is 314 g/mol. The molecular weight excluding hydrogens is 304 g/mol. The number of oxazole rings is 2. The maximum atomic E-state index is 5.75. The van der Waals surface area contributed by atoms with E-state index in [9.17, 15) is 0 Å². The zero-order valence-electron chi connectivity index (χ0n) is 12.4. The fraction of sp³-hybridized carbons (Fsp3) is 0. The third-order valence-corrected chi connectivity index (χ3v) is 3.76. The second-order valence-corrected chi connectivity index (χ2v) is 5.30. The predicted octanol–water partition coefficient (Wildman–Crippen LogP) is 4.09. The summed E-state index contributed by atoms with van der Waals surface area (Å²) in [5, 5.41) is 0. The van der Waals surface area contributed by atoms with Gasteiger partial charge in [0.1, 0.15) is 11.0 Å². The molecule has 0 radical (unpaired) electrons. The molecule has 5 rings (SSSR count). The Morgan fingerprint density at radius 2 is 1.04 bits per heavy atom. The Labute approximate surface area is 135 Å². The molecule has 6 heteroatoms. The highest BCUT2D eigenvalue weighted by Gasteiger charge is 2.11. The van der Waals surface area contributed by atoms with E-state index in [0.29, 0.717) is 11.8 Å². The van der Waals surface area contributed by atoms with Crippen molar-refractivity contribution in [3.05, 3.63) is 61.2 Å². The van der Waals surface area contributed by atoms with Gasteiger partial charge in [-0.1, -0.05) is 0 Å². The van der Waals surface area contributed by atoms with E-state index in [4.69, 9.17) is 8.83 Å². The van der Waals surface area contributed by atoms with Gasteiger partial charge in [0.25, 0.3) is 0 Å². The number of pyridine rings is 2. The molecule has 0 atom stereocenters. The summed E-state index contributed by atoms with van der Waals surface area (Å²) in [4.78, 5) is 17.0. The summed E-state index contributed by atoms with van der Waals surface area (Å²) in [6.07, 6.45) is 6.73. The SMILES string of the molecule is c1cc2oc(-c3ccc(-c4nc5cnccc5o4)cc3)nc2cn1. The Hall–Kier alpha value is -3.54. The maximum Gasteiger partial charge on any atom is 0.227 e. The molecule has 24 heavy (non-hydrogen) atoms. The molecule has 0 aliphatic heterocycles. The van der Waals surface area contributed by atoms with Crippen LogP contribution < -0.4 is 0 Å². The van der Waals surface area contributed by atoms with Crippen LogP contribution in [0.2, 0.25) is 0 Å². The molecule has 0 aliphatic rings. The Balaban J connectivity index is 1.54. The van der Waals surface area contributed by atoms with Crippen LogP contribution in [0.1, 0.15) is 0 Å². The van der Waals surface area contributed by atoms with Crippen LogP contribution in [0.3, 0.4) is 0 Å². The number of rotatable bonds is 2. The van der Waals surface area contributed by atoms with Crippen molar-refractivity contribution < 1.29 is 8.83 Å². The first-order chi connectivity index (χ1) is 11.9. The molecule has 1 aromatic carbocycles. The van der Waals surface area contributed by atoms with Crippen molar-refractivity contribution >= 4 is 22.2 Å². The molecule has 0 spiro atoms. The van der Waals surface area contributed by atoms with Gasteiger partial charge >= 0.3 is 0 Å². The van der Waals surface area contributed by atoms with Gasteiger partial charge in [0.2, 0.25) is 11.8 Å². The molecule has 0 fully saturated rings. The number of benzene rings is 1. The molecular formula is C18H10N4O2. The van der Waals surface area contributed by atoms with Crippen LogP contribution >= 0.6 is 0 Å². The fourth-order valence-electron chi connectivity index (χ4n) is 2.56. The van der Waals surface area contributed by atoms with E-state index in [1.807, 2.05) is 24.3 Å². The third-order valence-electron chi connectivity index (χ3n) is 3.76. The molecule has 4 aromatic heterocycles. The van der Waals surface area contributed by atoms with E-state index in [2.05, 4.69) is 19.9 Å². The molecule has 5 aromatic rings. The second-order valence-electron chi connectivity index (χ2n) is 5.30. The summed E-state index contributed by atoms with van der Waals surface area (Å²) in [6, 6.07) is 11.3. The van der Waals surface area contributed by atoms with Gasteiger partial charge in [0.05, 0.1) is 12.4 Å². The maximum absolute atomic E-state index is 5.75. The number of nitrogens with zero attached hydrogens (tertiary/aromatic N) is 4. The zero-order chi connectivity index (χ0) is 15.9. The van der Waals surface area contributed by atoms with Crippen LogP contribution in [0.4, 0.5) is 0 Å². The van der Waals surface area contributed by atoms with E-state index < -0.39 is 0 Å². The largest absolute Gasteiger partial charge is 0.436 e. The summed E-state index contributed by atoms with van der Waals surface area (Å²) in [5.74, 6) is 1.12. The Kier molecular flexibility index (Phi) is 2.69. The van der Waals surface area contributed by atoms with E-state index in [-0.39, 0.29) is 0 Å². The van der Waals surface area contributed by atoms with Crippen LogP contribution in [0.15, 0.2) is 70.0 Å². The van der Waals surface area contributed by atoms with Crippen molar-refractivity contribution in [1.29, 1.82) is 0 Å². The van der Waals surface area contributed by atoms with Gasteiger partial charge in [-0.3, -0.25) is 9.97 Å². The average Bonchev–Trinajstić information content (AvgIpc) is 3.25. The number of fused-ring (bicyclic) bond motifs is 2. The normalized spacial score (nSPS) is 11.3. The van der Waals surface area contributed by atoms with Crippen molar-refractivity contribution in [3.8, 4) is 22.9 Å². The van der Waals surface area contributed by atoms with Gasteiger partial charge in [0, 0.05) is 35.7 Å². The Morgan fingerprint density at radius 1 is 0.583 bits per heavy atom. The minimum absolute atomic E-state index is 0.561. The quantitative estimate of drug-likeness (QED) is 0.488. The van der Waals surface area contributed by atoms with Gasteiger partial charge in [-0.05, 0) is 24.3 Å². The van der Waals surface area contributed by atoms with Crippen molar-refractivity contribution in [3.63, 3.8) is 0 Å². The van der Waals surface area contributed by atoms with Gasteiger partial charge in [-0.15, -0.1) is 0 Å². The molecule has 0 saturated heterocycles. The third kappa shape index (κ3) is 2.04. The summed E-state index contributed by atoms with van der Waals surface area (Å²) < 4.78 is 11.5. The first kappa shape index (κ1) is 13.0. The highest BCUT2D eigenvalue weighted by Crippen LogP contribution is 2.28. The topological polar surface area (TPSA) is 77.8 Å². The van der Waals surface area contributed by atoms with Crippen molar-refractivity contribution in [1.82, 2.24) is 19.9 Å². The molecule has 0 N–H and O–H groups in total. The predicted molar refractivity (Wildman–Crippen MR) is 88.0 cm³/mol. The van der Waals surface area contributed by atoms with Gasteiger partial charge in [-0.2, -0.15) is 0 Å². The van der Waals surface area contributed by atoms with Crippen LogP contribution in [0.5, 0.6) is 0 Å². The van der Waals surface area contributed by atoms with E-state index in [1.165, 1.54) is 0 Å². The van der Waals surface area contributed by atoms with Crippen LogP contribution in [-0.4, -0.2) is 19.9 Å². The molecule has 6 nitrogen and oxygen atoms in total. The van der Waals surface area contributed by atoms with Crippen LogP contribution in [-0.2, 0) is 0 Å². The van der Waals surface area contributed by atoms with Crippen LogP contribution in [0, 0.1) is 0 Å². The Morgan fingerprint density at radius 3 is 1.46 bits per heavy atom. The number of hydrogen-bond donors (Lipinski definition) is 0. The minimum atomic E-state index is 0.561. The van der Waals surface area contributed by atoms with Crippen molar-refractivity contribution in [2.24, 2.45) is 0 Å². The highest BCUT2D eigenvalue weighted by molar-refractivity contribution is 5.77. The lowest BCUT2D eigenvalue weighted by molar-refractivity contribution is 0.617. The molecule has 4 heterocycles. The van der Waals surface area contributed by atoms with Gasteiger partial charge in [0.15, 0.2) is 11.2 Å². The van der Waals surface area contributed by atoms with E-state index in [0.717, 1.165) is 33.3 Å². The van der Waals surface area contributed by atoms with E-state index in [1.54, 1.807) is 36.9 Å². The molecule has 0 aliphatic carbocycles. The van der Waals surface area contributed by atoms with Gasteiger partial charge in [-0.25, -0.2) is 9.97 Å². The zero-order valence-corrected chi connectivity index (χ0v) is 12.4. The Bertz CT molecular complexity index is 1000. The minimum Gasteiger partial charge on any atom is -0.436 e. The summed E-state index contributed by atoms with van der Waals surface area (Å²) in [7, 11) is 0. The fourth-order valence-corrected chi connectivity index (χ4v) is 2.56. The smallest absolute Gasteiger partial charge is 0.227 e. The lowest BCUT2D eigenvalue weighted by atomic mass is 10.1. The average molecular weight is 314 g/mol. The molecule has 0 amide bonds. The van der Waals surface area contributed by atoms with Crippen LogP contribution in [0.25, 0.3) is 45.1 Å². The van der Waals surface area contributed by atoms with Crippen molar-refractivity contribution in [2.45, 2.75) is 0 Å². The summed E-state index contributed by atoms with van der Waals surface area (Å²) in [6.45, 7) is 0. The number of hydrogen-bond acceptors (Lipinski definition) is 6. The summed E-state index contributed by atoms with van der Waals surface area (Å²) in [5.41, 5.74) is 4.68.